The minimum atomic E-state index is -0.625. The van der Waals surface area contributed by atoms with Crippen molar-refractivity contribution in [2.45, 2.75) is 84.3 Å². The van der Waals surface area contributed by atoms with Crippen molar-refractivity contribution in [3.63, 3.8) is 0 Å². The minimum absolute atomic E-state index is 0.0366. The number of carbonyl (C=O) groups is 5. The van der Waals surface area contributed by atoms with E-state index >= 15 is 0 Å². The summed E-state index contributed by atoms with van der Waals surface area (Å²) >= 11 is 0. The van der Waals surface area contributed by atoms with Crippen LogP contribution in [0.1, 0.15) is 79.1 Å². The zero-order valence-electron chi connectivity index (χ0n) is 28.7. The van der Waals surface area contributed by atoms with Crippen LogP contribution >= 0.6 is 0 Å². The van der Waals surface area contributed by atoms with E-state index in [9.17, 15) is 24.0 Å². The molecule has 260 valence electrons. The van der Waals surface area contributed by atoms with Crippen molar-refractivity contribution in [3.05, 3.63) is 64.2 Å². The number of imide groups is 1. The fourth-order valence-electron chi connectivity index (χ4n) is 7.80. The van der Waals surface area contributed by atoms with Gasteiger partial charge in [0.05, 0.1) is 0 Å². The molecule has 0 aromatic heterocycles. The lowest BCUT2D eigenvalue weighted by Crippen LogP contribution is -2.52. The van der Waals surface area contributed by atoms with Crippen LogP contribution in [0.15, 0.2) is 36.4 Å². The minimum Gasteiger partial charge on any atom is -0.444 e. The lowest BCUT2D eigenvalue weighted by atomic mass is 9.94. The molecule has 12 nitrogen and oxygen atoms in total. The van der Waals surface area contributed by atoms with Crippen molar-refractivity contribution in [3.8, 4) is 0 Å². The molecule has 3 fully saturated rings. The van der Waals surface area contributed by atoms with Gasteiger partial charge in [0, 0.05) is 75.9 Å². The average Bonchev–Trinajstić information content (AvgIpc) is 3.64. The third-order valence-electron chi connectivity index (χ3n) is 10.5. The molecule has 0 bridgehead atoms. The van der Waals surface area contributed by atoms with Gasteiger partial charge >= 0.3 is 6.09 Å². The lowest BCUT2D eigenvalue weighted by Gasteiger charge is -2.39. The number of hydrogen-bond acceptors (Lipinski definition) is 8. The summed E-state index contributed by atoms with van der Waals surface area (Å²) in [5.41, 5.74) is 5.57. The predicted molar refractivity (Wildman–Crippen MR) is 181 cm³/mol. The van der Waals surface area contributed by atoms with E-state index in [-0.39, 0.29) is 36.2 Å². The van der Waals surface area contributed by atoms with Gasteiger partial charge in [0.15, 0.2) is 0 Å². The van der Waals surface area contributed by atoms with Crippen LogP contribution in [0, 0.1) is 5.92 Å². The molecule has 0 radical (unpaired) electrons. The SMILES string of the molecule is CC(C)(C)OC(=O)N1Cc2ccc(CN3CCC(C(=O)N4CCN(c5ccc6c(c5)CN(C5CCC(=O)NC5=O)C6=O)CC4)CC3)cc2C1. The van der Waals surface area contributed by atoms with Gasteiger partial charge in [0.2, 0.25) is 17.7 Å². The number of nitrogens with zero attached hydrogens (tertiary/aromatic N) is 5. The second-order valence-corrected chi connectivity index (χ2v) is 15.0. The van der Waals surface area contributed by atoms with E-state index in [1.807, 2.05) is 43.9 Å². The van der Waals surface area contributed by atoms with Gasteiger partial charge in [-0.2, -0.15) is 0 Å². The zero-order valence-corrected chi connectivity index (χ0v) is 28.7. The van der Waals surface area contributed by atoms with Gasteiger partial charge in [0.25, 0.3) is 5.91 Å². The first kappa shape index (κ1) is 33.1. The number of amides is 5. The summed E-state index contributed by atoms with van der Waals surface area (Å²) in [5, 5.41) is 2.35. The topological polar surface area (TPSA) is 123 Å². The summed E-state index contributed by atoms with van der Waals surface area (Å²) < 4.78 is 5.56. The van der Waals surface area contributed by atoms with E-state index in [1.54, 1.807) is 9.80 Å². The first-order valence-corrected chi connectivity index (χ1v) is 17.5. The summed E-state index contributed by atoms with van der Waals surface area (Å²) in [6, 6.07) is 11.7. The molecule has 5 aliphatic rings. The number of ether oxygens (including phenoxy) is 1. The van der Waals surface area contributed by atoms with Gasteiger partial charge in [-0.05, 0) is 93.6 Å². The molecule has 0 aliphatic carbocycles. The van der Waals surface area contributed by atoms with Crippen LogP contribution in [0.25, 0.3) is 0 Å². The first-order valence-electron chi connectivity index (χ1n) is 17.5. The van der Waals surface area contributed by atoms with Crippen molar-refractivity contribution >= 4 is 35.4 Å². The maximum Gasteiger partial charge on any atom is 0.410 e. The zero-order chi connectivity index (χ0) is 34.4. The highest BCUT2D eigenvalue weighted by molar-refractivity contribution is 6.05. The van der Waals surface area contributed by atoms with E-state index < -0.39 is 17.6 Å². The summed E-state index contributed by atoms with van der Waals surface area (Å²) in [6.07, 6.45) is 1.99. The Morgan fingerprint density at radius 3 is 2.27 bits per heavy atom. The number of rotatable bonds is 5. The Bertz CT molecular complexity index is 1670. The van der Waals surface area contributed by atoms with Crippen molar-refractivity contribution in [2.75, 3.05) is 44.2 Å². The summed E-state index contributed by atoms with van der Waals surface area (Å²) in [7, 11) is 0. The molecular formula is C37H46N6O6. The largest absolute Gasteiger partial charge is 0.444 e. The molecule has 1 atom stereocenters. The molecule has 5 heterocycles. The third kappa shape index (κ3) is 7.01. The molecule has 2 aromatic carbocycles. The standard InChI is InChI=1S/C37H46N6O6/c1-37(2,3)49-36(48)42-21-26-5-4-24(18-27(26)22-42)20-39-12-10-25(11-13-39)34(46)41-16-14-40(15-17-41)29-6-7-30-28(19-29)23-43(35(30)47)31-8-9-32(44)38-33(31)45/h4-7,18-19,25,31H,8-17,20-23H2,1-3H3,(H,38,44,45). The Kier molecular flexibility index (Phi) is 8.85. The van der Waals surface area contributed by atoms with E-state index in [4.69, 9.17) is 4.74 Å². The highest BCUT2D eigenvalue weighted by Crippen LogP contribution is 2.32. The molecule has 49 heavy (non-hydrogen) atoms. The Morgan fingerprint density at radius 2 is 1.55 bits per heavy atom. The normalized spacial score (nSPS) is 21.9. The van der Waals surface area contributed by atoms with Crippen LogP contribution in [0.5, 0.6) is 0 Å². The molecular weight excluding hydrogens is 624 g/mol. The fraction of sp³-hybridized carbons (Fsp3) is 0.541. The lowest BCUT2D eigenvalue weighted by molar-refractivity contribution is -0.138. The quantitative estimate of drug-likeness (QED) is 0.482. The Morgan fingerprint density at radius 1 is 0.816 bits per heavy atom. The van der Waals surface area contributed by atoms with Gasteiger partial charge in [-0.15, -0.1) is 0 Å². The van der Waals surface area contributed by atoms with Crippen LogP contribution in [0.3, 0.4) is 0 Å². The van der Waals surface area contributed by atoms with Crippen LogP contribution in [0.4, 0.5) is 10.5 Å². The number of fused-ring (bicyclic) bond motifs is 2. The van der Waals surface area contributed by atoms with Crippen LogP contribution in [-0.2, 0) is 45.3 Å². The number of anilines is 1. The molecule has 12 heteroatoms. The van der Waals surface area contributed by atoms with Crippen LogP contribution < -0.4 is 10.2 Å². The number of hydrogen-bond donors (Lipinski definition) is 1. The third-order valence-corrected chi connectivity index (χ3v) is 10.5. The van der Waals surface area contributed by atoms with Crippen LogP contribution in [0.2, 0.25) is 0 Å². The Hall–Kier alpha value is -4.45. The van der Waals surface area contributed by atoms with Crippen molar-refractivity contribution in [2.24, 2.45) is 5.92 Å². The summed E-state index contributed by atoms with van der Waals surface area (Å²) in [4.78, 5) is 73.2. The summed E-state index contributed by atoms with van der Waals surface area (Å²) in [6.45, 7) is 12.5. The predicted octanol–water partition coefficient (Wildman–Crippen LogP) is 3.26. The van der Waals surface area contributed by atoms with E-state index in [2.05, 4.69) is 33.3 Å². The number of benzene rings is 2. The molecule has 2 aromatic rings. The summed E-state index contributed by atoms with van der Waals surface area (Å²) in [5.74, 6) is -0.583. The van der Waals surface area contributed by atoms with Crippen molar-refractivity contribution in [1.82, 2.24) is 24.9 Å². The molecule has 5 aliphatic heterocycles. The Balaban J connectivity index is 0.870. The molecule has 5 amide bonds. The Labute approximate surface area is 287 Å². The van der Waals surface area contributed by atoms with Crippen molar-refractivity contribution < 1.29 is 28.7 Å². The molecule has 7 rings (SSSR count). The molecule has 0 saturated carbocycles. The van der Waals surface area contributed by atoms with Crippen LogP contribution in [-0.4, -0.2) is 100 Å². The number of likely N-dealkylation sites (tertiary alicyclic amines) is 1. The molecule has 1 N–H and O–H groups in total. The maximum atomic E-state index is 13.5. The number of nitrogens with one attached hydrogen (secondary N) is 1. The monoisotopic (exact) mass is 670 g/mol. The maximum absolute atomic E-state index is 13.5. The first-order chi connectivity index (χ1) is 23.4. The molecule has 0 spiro atoms. The van der Waals surface area contributed by atoms with E-state index in [1.165, 1.54) is 16.7 Å². The van der Waals surface area contributed by atoms with Gasteiger partial charge in [-0.25, -0.2) is 4.79 Å². The van der Waals surface area contributed by atoms with Crippen molar-refractivity contribution in [1.29, 1.82) is 0 Å². The molecule has 1 unspecified atom stereocenters. The van der Waals surface area contributed by atoms with E-state index in [0.717, 1.165) is 56.8 Å². The fourth-order valence-corrected chi connectivity index (χ4v) is 7.80. The average molecular weight is 671 g/mol. The van der Waals surface area contributed by atoms with Gasteiger partial charge in [-0.3, -0.25) is 34.3 Å². The van der Waals surface area contributed by atoms with Gasteiger partial charge < -0.3 is 19.4 Å². The second kappa shape index (κ2) is 13.1. The number of piperazine rings is 1. The highest BCUT2D eigenvalue weighted by Gasteiger charge is 2.39. The number of piperidine rings is 2. The van der Waals surface area contributed by atoms with Gasteiger partial charge in [0.1, 0.15) is 11.6 Å². The second-order valence-electron chi connectivity index (χ2n) is 15.0. The number of carbonyl (C=O) groups excluding carboxylic acids is 5. The smallest absolute Gasteiger partial charge is 0.410 e. The highest BCUT2D eigenvalue weighted by atomic mass is 16.6. The van der Waals surface area contributed by atoms with E-state index in [0.29, 0.717) is 44.7 Å². The van der Waals surface area contributed by atoms with Gasteiger partial charge in [-0.1, -0.05) is 18.2 Å². The molecule has 3 saturated heterocycles.